The molecule has 3 nitrogen and oxygen atoms in total. The smallest absolute Gasteiger partial charge is 0.405 e. The van der Waals surface area contributed by atoms with Gasteiger partial charge in [-0.2, -0.15) is 0 Å². The molecular weight excluding hydrogens is 321 g/mol. The maximum absolute atomic E-state index is 13.1. The predicted octanol–water partition coefficient (Wildman–Crippen LogP) is 4.10. The number of rotatable bonds is 3. The molecule has 0 saturated carbocycles. The zero-order chi connectivity index (χ0) is 17.3. The molecule has 1 aromatic rings. The van der Waals surface area contributed by atoms with Gasteiger partial charge in [0.25, 0.3) is 11.8 Å². The summed E-state index contributed by atoms with van der Waals surface area (Å²) in [7, 11) is 0. The van der Waals surface area contributed by atoms with Crippen LogP contribution in [0.1, 0.15) is 28.8 Å². The molecule has 1 aromatic carbocycles. The van der Waals surface area contributed by atoms with Crippen LogP contribution in [0.4, 0.5) is 22.0 Å². The first-order chi connectivity index (χ1) is 10.6. The molecule has 1 aliphatic rings. The third-order valence-corrected chi connectivity index (χ3v) is 3.48. The first-order valence-electron chi connectivity index (χ1n) is 6.81. The van der Waals surface area contributed by atoms with Crippen LogP contribution in [0.2, 0.25) is 0 Å². The van der Waals surface area contributed by atoms with Crippen LogP contribution in [0, 0.1) is 0 Å². The van der Waals surface area contributed by atoms with Gasteiger partial charge in [0, 0.05) is 25.9 Å². The molecule has 0 atom stereocenters. The Labute approximate surface area is 129 Å². The molecule has 1 fully saturated rings. The van der Waals surface area contributed by atoms with E-state index in [-0.39, 0.29) is 18.7 Å². The molecule has 0 spiro atoms. The third kappa shape index (κ3) is 4.43. The van der Waals surface area contributed by atoms with Gasteiger partial charge in [-0.05, 0) is 17.7 Å². The van der Waals surface area contributed by atoms with E-state index in [0.29, 0.717) is 5.56 Å². The minimum Gasteiger partial charge on any atom is -0.405 e. The summed E-state index contributed by atoms with van der Waals surface area (Å²) in [6.07, 6.45) is -4.64. The Balaban J connectivity index is 2.29. The number of alkyl halides is 5. The Bertz CT molecular complexity index is 602. The topological polar surface area (TPSA) is 29.5 Å². The van der Waals surface area contributed by atoms with Crippen LogP contribution in [-0.2, 0) is 0 Å². The van der Waals surface area contributed by atoms with E-state index in [9.17, 15) is 26.7 Å². The number of nitrogens with zero attached hydrogens (tertiary/aromatic N) is 1. The van der Waals surface area contributed by atoms with Crippen molar-refractivity contribution in [2.75, 3.05) is 13.1 Å². The molecule has 0 unspecified atom stereocenters. The molecular formula is C15H14F5NO2. The second-order valence-corrected chi connectivity index (χ2v) is 5.16. The molecule has 0 aromatic heterocycles. The fourth-order valence-corrected chi connectivity index (χ4v) is 2.26. The van der Waals surface area contributed by atoms with Crippen LogP contribution in [0.15, 0.2) is 24.8 Å². The molecule has 2 rings (SSSR count). The van der Waals surface area contributed by atoms with Gasteiger partial charge in [-0.25, -0.2) is 8.78 Å². The quantitative estimate of drug-likeness (QED) is 0.779. The average molecular weight is 335 g/mol. The van der Waals surface area contributed by atoms with Crippen molar-refractivity contribution in [3.05, 3.63) is 35.9 Å². The molecule has 1 amide bonds. The molecule has 8 heteroatoms. The van der Waals surface area contributed by atoms with Crippen molar-refractivity contribution in [1.29, 1.82) is 0 Å². The Kier molecular flexibility index (Phi) is 4.63. The first-order valence-corrected chi connectivity index (χ1v) is 6.81. The van der Waals surface area contributed by atoms with E-state index in [0.717, 1.165) is 11.0 Å². The van der Waals surface area contributed by atoms with Crippen LogP contribution in [0.5, 0.6) is 5.75 Å². The van der Waals surface area contributed by atoms with Crippen molar-refractivity contribution < 1.29 is 31.5 Å². The molecule has 0 bridgehead atoms. The van der Waals surface area contributed by atoms with Crippen molar-refractivity contribution in [3.63, 3.8) is 0 Å². The molecule has 1 heterocycles. The van der Waals surface area contributed by atoms with Crippen molar-refractivity contribution in [1.82, 2.24) is 4.90 Å². The van der Waals surface area contributed by atoms with Gasteiger partial charge in [-0.3, -0.25) is 4.79 Å². The molecule has 0 N–H and O–H groups in total. The Morgan fingerprint density at radius 1 is 1.26 bits per heavy atom. The summed E-state index contributed by atoms with van der Waals surface area (Å²) in [5.74, 6) is -4.29. The van der Waals surface area contributed by atoms with E-state index in [2.05, 4.69) is 11.3 Å². The van der Waals surface area contributed by atoms with Crippen LogP contribution >= 0.6 is 0 Å². The number of ether oxygens (including phenoxy) is 1. The van der Waals surface area contributed by atoms with Gasteiger partial charge in [0.05, 0.1) is 5.56 Å². The molecule has 0 radical (unpaired) electrons. The van der Waals surface area contributed by atoms with E-state index in [1.54, 1.807) is 0 Å². The number of piperidine rings is 1. The average Bonchev–Trinajstić information content (AvgIpc) is 2.45. The summed E-state index contributed by atoms with van der Waals surface area (Å²) in [4.78, 5) is 13.5. The van der Waals surface area contributed by atoms with Crippen LogP contribution in [-0.4, -0.2) is 36.2 Å². The molecule has 1 aliphatic heterocycles. The van der Waals surface area contributed by atoms with E-state index in [4.69, 9.17) is 0 Å². The number of carbonyl (C=O) groups excluding carboxylic acids is 1. The fraction of sp³-hybridized carbons (Fsp3) is 0.400. The lowest BCUT2D eigenvalue weighted by Gasteiger charge is -2.32. The van der Waals surface area contributed by atoms with Gasteiger partial charge >= 0.3 is 6.36 Å². The maximum atomic E-state index is 13.1. The lowest BCUT2D eigenvalue weighted by Crippen LogP contribution is -2.43. The van der Waals surface area contributed by atoms with Gasteiger partial charge in [0.1, 0.15) is 5.75 Å². The lowest BCUT2D eigenvalue weighted by molar-refractivity contribution is -0.274. The van der Waals surface area contributed by atoms with Crippen molar-refractivity contribution in [3.8, 4) is 5.75 Å². The Morgan fingerprint density at radius 3 is 2.39 bits per heavy atom. The van der Waals surface area contributed by atoms with Crippen molar-refractivity contribution in [2.45, 2.75) is 25.1 Å². The van der Waals surface area contributed by atoms with E-state index >= 15 is 0 Å². The largest absolute Gasteiger partial charge is 0.573 e. The maximum Gasteiger partial charge on any atom is 0.573 e. The number of amides is 1. The summed E-state index contributed by atoms with van der Waals surface area (Å²) in [6.45, 7) is 3.03. The molecule has 1 saturated heterocycles. The predicted molar refractivity (Wildman–Crippen MR) is 73.3 cm³/mol. The summed E-state index contributed by atoms with van der Waals surface area (Å²) in [6, 6.07) is 3.52. The number of halogens is 5. The van der Waals surface area contributed by atoms with Gasteiger partial charge < -0.3 is 9.64 Å². The number of benzene rings is 1. The van der Waals surface area contributed by atoms with Crippen LogP contribution in [0.3, 0.4) is 0 Å². The standard InChI is InChI=1S/C15H14F5NO2/c1-2-10-3-4-12(23-15(18,19)20)11(9-10)13(22)21-7-5-14(16,17)6-8-21/h2-4,9H,1,5-8H2. The summed E-state index contributed by atoms with van der Waals surface area (Å²) >= 11 is 0. The van der Waals surface area contributed by atoms with E-state index in [1.807, 2.05) is 0 Å². The first kappa shape index (κ1) is 17.2. The summed E-state index contributed by atoms with van der Waals surface area (Å²) in [5.41, 5.74) is 0.0927. The second kappa shape index (κ2) is 6.17. The highest BCUT2D eigenvalue weighted by Crippen LogP contribution is 2.32. The van der Waals surface area contributed by atoms with Gasteiger partial charge in [-0.1, -0.05) is 18.7 Å². The Morgan fingerprint density at radius 2 is 1.87 bits per heavy atom. The molecule has 126 valence electrons. The Hall–Kier alpha value is -2.12. The van der Waals surface area contributed by atoms with Gasteiger partial charge in [-0.15, -0.1) is 13.2 Å². The third-order valence-electron chi connectivity index (χ3n) is 3.48. The molecule has 0 aliphatic carbocycles. The zero-order valence-electron chi connectivity index (χ0n) is 12.0. The minimum absolute atomic E-state index is 0.227. The monoisotopic (exact) mass is 335 g/mol. The highest BCUT2D eigenvalue weighted by Gasteiger charge is 2.37. The highest BCUT2D eigenvalue weighted by atomic mass is 19.4. The number of likely N-dealkylation sites (tertiary alicyclic amines) is 1. The lowest BCUT2D eigenvalue weighted by atomic mass is 10.0. The fourth-order valence-electron chi connectivity index (χ4n) is 2.26. The highest BCUT2D eigenvalue weighted by molar-refractivity contribution is 5.97. The SMILES string of the molecule is C=Cc1ccc(OC(F)(F)F)c(C(=O)N2CCC(F)(F)CC2)c1. The summed E-state index contributed by atoms with van der Waals surface area (Å²) < 4.78 is 67.5. The zero-order valence-corrected chi connectivity index (χ0v) is 12.0. The number of hydrogen-bond donors (Lipinski definition) is 0. The number of carbonyl (C=O) groups is 1. The normalized spacial score (nSPS) is 17.7. The number of hydrogen-bond acceptors (Lipinski definition) is 2. The van der Waals surface area contributed by atoms with Gasteiger partial charge in [0.15, 0.2) is 0 Å². The van der Waals surface area contributed by atoms with Gasteiger partial charge in [0.2, 0.25) is 0 Å². The molecule has 23 heavy (non-hydrogen) atoms. The van der Waals surface area contributed by atoms with E-state index in [1.165, 1.54) is 18.2 Å². The van der Waals surface area contributed by atoms with E-state index < -0.39 is 36.8 Å². The minimum atomic E-state index is -4.96. The van der Waals surface area contributed by atoms with Crippen LogP contribution in [0.25, 0.3) is 6.08 Å². The summed E-state index contributed by atoms with van der Waals surface area (Å²) in [5, 5.41) is 0. The van der Waals surface area contributed by atoms with Crippen molar-refractivity contribution in [2.24, 2.45) is 0 Å². The second-order valence-electron chi connectivity index (χ2n) is 5.16. The van der Waals surface area contributed by atoms with Crippen molar-refractivity contribution >= 4 is 12.0 Å². The van der Waals surface area contributed by atoms with Crippen LogP contribution < -0.4 is 4.74 Å².